The molecule has 0 aromatic heterocycles. The van der Waals surface area contributed by atoms with Crippen molar-refractivity contribution in [1.29, 1.82) is 0 Å². The first-order chi connectivity index (χ1) is 22.4. The number of hydrogen-bond donors (Lipinski definition) is 2. The van der Waals surface area contributed by atoms with Gasteiger partial charge < -0.3 is 24.9 Å². The number of fused-ring (bicyclic) bond motifs is 5. The molecule has 1 aliphatic heterocycles. The summed E-state index contributed by atoms with van der Waals surface area (Å²) in [6, 6.07) is 8.95. The van der Waals surface area contributed by atoms with E-state index in [1.807, 2.05) is 12.1 Å². The van der Waals surface area contributed by atoms with Crippen molar-refractivity contribution in [2.75, 3.05) is 33.9 Å². The number of amides is 1. The van der Waals surface area contributed by atoms with E-state index in [1.54, 1.807) is 7.11 Å². The molecule has 6 rings (SSSR count). The molecule has 0 bridgehead atoms. The van der Waals surface area contributed by atoms with Crippen LogP contribution >= 0.6 is 0 Å². The molecule has 0 unspecified atom stereocenters. The van der Waals surface area contributed by atoms with Crippen LogP contribution in [-0.4, -0.2) is 67.1 Å². The van der Waals surface area contributed by atoms with Gasteiger partial charge >= 0.3 is 0 Å². The van der Waals surface area contributed by atoms with Crippen molar-refractivity contribution in [2.24, 2.45) is 39.7 Å². The maximum absolute atomic E-state index is 12.9. The Bertz CT molecular complexity index is 1430. The number of likely N-dealkylation sites (tertiary alicyclic amines) is 1. The summed E-state index contributed by atoms with van der Waals surface area (Å²) in [4.78, 5) is 21.0. The third-order valence-corrected chi connectivity index (χ3v) is 14.2. The lowest BCUT2D eigenvalue weighted by Crippen LogP contribution is -2.54. The van der Waals surface area contributed by atoms with Gasteiger partial charge in [-0.25, -0.2) is 0 Å². The van der Waals surface area contributed by atoms with Crippen LogP contribution in [0.2, 0.25) is 0 Å². The van der Waals surface area contributed by atoms with E-state index in [4.69, 9.17) is 16.0 Å². The Labute approximate surface area is 282 Å². The number of aliphatic hydroxyl groups is 1. The van der Waals surface area contributed by atoms with Crippen molar-refractivity contribution in [2.45, 2.75) is 109 Å². The third-order valence-electron chi connectivity index (χ3n) is 14.2. The van der Waals surface area contributed by atoms with Crippen molar-refractivity contribution < 1.29 is 19.5 Å². The van der Waals surface area contributed by atoms with Crippen molar-refractivity contribution in [3.8, 4) is 18.1 Å². The molecule has 256 valence electrons. The summed E-state index contributed by atoms with van der Waals surface area (Å²) in [7, 11) is 3.90. The number of carbonyl (C=O) groups is 1. The quantitative estimate of drug-likeness (QED) is 0.250. The number of terminal acetylenes is 1. The number of carbonyl (C=O) groups excluding carboxylic acids is 1. The fourth-order valence-corrected chi connectivity index (χ4v) is 11.0. The lowest BCUT2D eigenvalue weighted by Gasteiger charge is -2.58. The minimum Gasteiger partial charge on any atom is -0.497 e. The lowest BCUT2D eigenvalue weighted by atomic mass is 9.46. The zero-order chi connectivity index (χ0) is 33.6. The average Bonchev–Trinajstić information content (AvgIpc) is 3.34. The molecule has 1 aromatic carbocycles. The Balaban J connectivity index is 1.04. The van der Waals surface area contributed by atoms with E-state index in [0.29, 0.717) is 36.3 Å². The molecular formula is C40H57N3O4. The van der Waals surface area contributed by atoms with Gasteiger partial charge in [0.2, 0.25) is 0 Å². The van der Waals surface area contributed by atoms with Gasteiger partial charge in [0.15, 0.2) is 6.61 Å². The molecule has 0 spiro atoms. The Kier molecular flexibility index (Phi) is 9.35. The number of hydrogen-bond acceptors (Lipinski definition) is 6. The van der Waals surface area contributed by atoms with Gasteiger partial charge in [-0.15, -0.1) is 6.42 Å². The number of rotatable bonds is 8. The van der Waals surface area contributed by atoms with Crippen LogP contribution in [0.4, 0.5) is 0 Å². The monoisotopic (exact) mass is 643 g/mol. The maximum Gasteiger partial charge on any atom is 0.260 e. The largest absolute Gasteiger partial charge is 0.497 e. The summed E-state index contributed by atoms with van der Waals surface area (Å²) in [5, 5.41) is 18.9. The number of ether oxygens (including phenoxy) is 1. The molecule has 0 radical (unpaired) electrons. The Morgan fingerprint density at radius 3 is 2.57 bits per heavy atom. The molecule has 1 heterocycles. The standard InChI is InChI=1S/C40H57N3O4/c1-8-40(45)20-17-35-33-14-11-30-23-31(15-18-37(30,4)34(33)16-19-38(35,40)5)42-47-26-36(44)41-22-21-39(24-28(3)43(6)25-27(39)2)29-9-12-32(46-7)13-10-29/h1,9-10,12-13,23,27-28,33-35,45H,11,14-22,24-26H2,2-7H3,(H,41,44)/b42-31-/t27-,28-,33+,34+,35+,37-,38-,39-,40-/m0/s1. The third kappa shape index (κ3) is 5.82. The van der Waals surface area contributed by atoms with Crippen molar-refractivity contribution in [1.82, 2.24) is 10.2 Å². The summed E-state index contributed by atoms with van der Waals surface area (Å²) in [6.07, 6.45) is 18.0. The highest BCUT2D eigenvalue weighted by molar-refractivity contribution is 5.96. The summed E-state index contributed by atoms with van der Waals surface area (Å²) in [5.74, 6) is 5.70. The summed E-state index contributed by atoms with van der Waals surface area (Å²) < 4.78 is 5.42. The molecule has 3 saturated carbocycles. The highest BCUT2D eigenvalue weighted by atomic mass is 16.6. The van der Waals surface area contributed by atoms with E-state index in [2.05, 4.69) is 74.2 Å². The van der Waals surface area contributed by atoms with Crippen LogP contribution in [0.5, 0.6) is 5.75 Å². The number of piperidine rings is 1. The van der Waals surface area contributed by atoms with E-state index < -0.39 is 5.60 Å². The van der Waals surface area contributed by atoms with E-state index in [9.17, 15) is 9.90 Å². The van der Waals surface area contributed by atoms with Crippen LogP contribution in [0, 0.1) is 46.8 Å². The van der Waals surface area contributed by atoms with Gasteiger partial charge in [-0.3, -0.25) is 4.79 Å². The zero-order valence-corrected chi connectivity index (χ0v) is 29.6. The van der Waals surface area contributed by atoms with E-state index in [0.717, 1.165) is 82.2 Å². The molecule has 5 aliphatic rings. The first kappa shape index (κ1) is 34.1. The zero-order valence-electron chi connectivity index (χ0n) is 29.6. The Morgan fingerprint density at radius 1 is 1.11 bits per heavy atom. The van der Waals surface area contributed by atoms with Gasteiger partial charge in [0.25, 0.3) is 5.91 Å². The molecule has 9 atom stereocenters. The SMILES string of the molecule is C#C[C@]1(O)CC[C@@H]2[C@@H]3CCC4=C/C(=N\OCC(=O)NCC[C@]5(c6ccc(OC)cc6)C[C@H](C)N(C)C[C@@H]5C)CC[C@]4(C)[C@@H]3CC[C@@]21C. The molecule has 7 heteroatoms. The fraction of sp³-hybridized carbons (Fsp3) is 0.700. The van der Waals surface area contributed by atoms with Crippen molar-refractivity contribution in [3.05, 3.63) is 41.5 Å². The van der Waals surface area contributed by atoms with Crippen LogP contribution in [-0.2, 0) is 15.0 Å². The van der Waals surface area contributed by atoms with Crippen LogP contribution in [0.15, 0.2) is 41.1 Å². The van der Waals surface area contributed by atoms with Crippen LogP contribution in [0.25, 0.3) is 0 Å². The van der Waals surface area contributed by atoms with Gasteiger partial charge in [0.05, 0.1) is 12.8 Å². The second-order valence-electron chi connectivity index (χ2n) is 16.2. The minimum atomic E-state index is -0.961. The first-order valence-corrected chi connectivity index (χ1v) is 18.1. The fourth-order valence-electron chi connectivity index (χ4n) is 11.0. The number of nitrogens with one attached hydrogen (secondary N) is 1. The molecule has 4 aliphatic carbocycles. The van der Waals surface area contributed by atoms with E-state index in [-0.39, 0.29) is 28.8 Å². The van der Waals surface area contributed by atoms with Gasteiger partial charge in [0, 0.05) is 30.0 Å². The number of allylic oxidation sites excluding steroid dienone is 2. The summed E-state index contributed by atoms with van der Waals surface area (Å²) in [6.45, 7) is 10.9. The number of oxime groups is 1. The van der Waals surface area contributed by atoms with Gasteiger partial charge in [0.1, 0.15) is 11.4 Å². The van der Waals surface area contributed by atoms with Crippen molar-refractivity contribution in [3.63, 3.8) is 0 Å². The number of nitrogens with zero attached hydrogens (tertiary/aromatic N) is 2. The number of benzene rings is 1. The van der Waals surface area contributed by atoms with Gasteiger partial charge in [-0.2, -0.15) is 0 Å². The van der Waals surface area contributed by atoms with Gasteiger partial charge in [-0.05, 0) is 131 Å². The summed E-state index contributed by atoms with van der Waals surface area (Å²) >= 11 is 0. The molecule has 1 aromatic rings. The molecule has 2 N–H and O–H groups in total. The van der Waals surface area contributed by atoms with E-state index in [1.165, 1.54) is 11.1 Å². The van der Waals surface area contributed by atoms with Crippen LogP contribution < -0.4 is 10.1 Å². The second kappa shape index (κ2) is 12.9. The van der Waals surface area contributed by atoms with Gasteiger partial charge in [-0.1, -0.05) is 49.6 Å². The Morgan fingerprint density at radius 2 is 1.85 bits per heavy atom. The molecule has 1 saturated heterocycles. The van der Waals surface area contributed by atoms with Crippen LogP contribution in [0.1, 0.15) is 97.5 Å². The molecule has 7 nitrogen and oxygen atoms in total. The molecule has 4 fully saturated rings. The molecule has 1 amide bonds. The van der Waals surface area contributed by atoms with Crippen LogP contribution in [0.3, 0.4) is 0 Å². The second-order valence-corrected chi connectivity index (χ2v) is 16.2. The Hall–Kier alpha value is -2.82. The predicted octanol–water partition coefficient (Wildman–Crippen LogP) is 6.50. The molecule has 47 heavy (non-hydrogen) atoms. The average molecular weight is 644 g/mol. The predicted molar refractivity (Wildman–Crippen MR) is 187 cm³/mol. The maximum atomic E-state index is 12.9. The highest BCUT2D eigenvalue weighted by Gasteiger charge is 2.63. The number of methoxy groups -OCH3 is 1. The minimum absolute atomic E-state index is 0.0241. The topological polar surface area (TPSA) is 83.4 Å². The lowest BCUT2D eigenvalue weighted by molar-refractivity contribution is -0.125. The molecular weight excluding hydrogens is 586 g/mol. The first-order valence-electron chi connectivity index (χ1n) is 18.1. The van der Waals surface area contributed by atoms with E-state index >= 15 is 0 Å². The normalized spacial score (nSPS) is 40.8. The van der Waals surface area contributed by atoms with Crippen molar-refractivity contribution >= 4 is 11.6 Å². The smallest absolute Gasteiger partial charge is 0.260 e. The highest BCUT2D eigenvalue weighted by Crippen LogP contribution is 2.67. The summed E-state index contributed by atoms with van der Waals surface area (Å²) in [5.41, 5.74) is 2.74.